The maximum absolute atomic E-state index is 12.0. The Hall–Kier alpha value is -2.94. The fourth-order valence-electron chi connectivity index (χ4n) is 2.42. The number of carbonyl (C=O) groups excluding carboxylic acids is 1. The number of amides is 1. The van der Waals surface area contributed by atoms with Gasteiger partial charge in [0, 0.05) is 12.3 Å². The zero-order chi connectivity index (χ0) is 17.6. The predicted molar refractivity (Wildman–Crippen MR) is 86.5 cm³/mol. The van der Waals surface area contributed by atoms with Gasteiger partial charge >= 0.3 is 5.97 Å². The van der Waals surface area contributed by atoms with Crippen molar-refractivity contribution in [3.8, 4) is 5.75 Å². The summed E-state index contributed by atoms with van der Waals surface area (Å²) in [6.45, 7) is 1.18. The molecule has 2 N–H and O–H groups in total. The first-order chi connectivity index (χ1) is 12.1. The van der Waals surface area contributed by atoms with E-state index in [1.165, 1.54) is 6.20 Å². The molecule has 1 saturated heterocycles. The summed E-state index contributed by atoms with van der Waals surface area (Å²) in [5.41, 5.74) is 0.397. The van der Waals surface area contributed by atoms with Gasteiger partial charge in [-0.15, -0.1) is 5.10 Å². The monoisotopic (exact) mass is 346 g/mol. The Kier molecular flexibility index (Phi) is 5.24. The minimum Gasteiger partial charge on any atom is -0.491 e. The van der Waals surface area contributed by atoms with Gasteiger partial charge in [0.2, 0.25) is 5.91 Å². The molecule has 1 aromatic heterocycles. The zero-order valence-corrected chi connectivity index (χ0v) is 13.4. The van der Waals surface area contributed by atoms with Crippen LogP contribution in [0.2, 0.25) is 0 Å². The molecular formula is C16H18N4O5. The van der Waals surface area contributed by atoms with Crippen LogP contribution in [0, 0.1) is 0 Å². The van der Waals surface area contributed by atoms with Crippen molar-refractivity contribution in [3.63, 3.8) is 0 Å². The summed E-state index contributed by atoms with van der Waals surface area (Å²) in [4.78, 5) is 22.7. The van der Waals surface area contributed by atoms with Crippen LogP contribution in [0.15, 0.2) is 30.5 Å². The lowest BCUT2D eigenvalue weighted by Gasteiger charge is -2.12. The number of nitrogens with zero attached hydrogens (tertiary/aromatic N) is 3. The van der Waals surface area contributed by atoms with Crippen molar-refractivity contribution in [3.05, 3.63) is 36.2 Å². The molecule has 2 heterocycles. The summed E-state index contributed by atoms with van der Waals surface area (Å²) in [7, 11) is 0. The van der Waals surface area contributed by atoms with E-state index in [2.05, 4.69) is 15.6 Å². The Morgan fingerprint density at radius 1 is 1.36 bits per heavy atom. The van der Waals surface area contributed by atoms with E-state index in [0.29, 0.717) is 18.0 Å². The van der Waals surface area contributed by atoms with Gasteiger partial charge in [-0.3, -0.25) is 4.79 Å². The SMILES string of the molecule is O=C(Cn1cc(C(=O)O)nn1)Nc1ccc(OCC2CCCO2)cc1. The van der Waals surface area contributed by atoms with Crippen molar-refractivity contribution < 1.29 is 24.2 Å². The second-order valence-electron chi connectivity index (χ2n) is 5.63. The van der Waals surface area contributed by atoms with Crippen LogP contribution < -0.4 is 10.1 Å². The van der Waals surface area contributed by atoms with Gasteiger partial charge in [-0.25, -0.2) is 9.48 Å². The summed E-state index contributed by atoms with van der Waals surface area (Å²) < 4.78 is 12.3. The normalized spacial score (nSPS) is 16.6. The summed E-state index contributed by atoms with van der Waals surface area (Å²) >= 11 is 0. The number of anilines is 1. The second kappa shape index (κ2) is 7.75. The number of aromatic nitrogens is 3. The van der Waals surface area contributed by atoms with E-state index >= 15 is 0 Å². The number of rotatable bonds is 7. The average Bonchev–Trinajstić information content (AvgIpc) is 3.26. The van der Waals surface area contributed by atoms with Crippen LogP contribution in [0.1, 0.15) is 23.3 Å². The Balaban J connectivity index is 1.48. The van der Waals surface area contributed by atoms with Crippen molar-refractivity contribution in [2.45, 2.75) is 25.5 Å². The lowest BCUT2D eigenvalue weighted by atomic mass is 10.2. The molecule has 0 spiro atoms. The lowest BCUT2D eigenvalue weighted by molar-refractivity contribution is -0.116. The number of carbonyl (C=O) groups is 2. The van der Waals surface area contributed by atoms with Crippen molar-refractivity contribution >= 4 is 17.6 Å². The number of hydrogen-bond acceptors (Lipinski definition) is 6. The van der Waals surface area contributed by atoms with Crippen LogP contribution >= 0.6 is 0 Å². The number of ether oxygens (including phenoxy) is 2. The maximum atomic E-state index is 12.0. The summed E-state index contributed by atoms with van der Waals surface area (Å²) in [5.74, 6) is -0.823. The molecule has 2 aromatic rings. The fraction of sp³-hybridized carbons (Fsp3) is 0.375. The van der Waals surface area contributed by atoms with Gasteiger partial charge in [-0.1, -0.05) is 5.21 Å². The molecule has 25 heavy (non-hydrogen) atoms. The standard InChI is InChI=1S/C16H18N4O5/c21-15(9-20-8-14(16(22)23)18-19-20)17-11-3-5-12(6-4-11)25-10-13-2-1-7-24-13/h3-6,8,13H,1-2,7,9-10H2,(H,17,21)(H,22,23). The van der Waals surface area contributed by atoms with Crippen LogP contribution in [-0.2, 0) is 16.1 Å². The van der Waals surface area contributed by atoms with E-state index in [1.807, 2.05) is 0 Å². The van der Waals surface area contributed by atoms with Gasteiger partial charge < -0.3 is 19.9 Å². The molecule has 1 amide bonds. The van der Waals surface area contributed by atoms with Crippen molar-refractivity contribution in [2.24, 2.45) is 0 Å². The first-order valence-corrected chi connectivity index (χ1v) is 7.88. The molecular weight excluding hydrogens is 328 g/mol. The Labute approximate surface area is 143 Å². The van der Waals surface area contributed by atoms with Gasteiger partial charge in [0.1, 0.15) is 18.9 Å². The highest BCUT2D eigenvalue weighted by Crippen LogP contribution is 2.18. The third-order valence-corrected chi connectivity index (χ3v) is 3.66. The van der Waals surface area contributed by atoms with Crippen LogP contribution in [0.3, 0.4) is 0 Å². The van der Waals surface area contributed by atoms with Crippen LogP contribution in [0.4, 0.5) is 5.69 Å². The summed E-state index contributed by atoms with van der Waals surface area (Å²) in [6, 6.07) is 6.99. The van der Waals surface area contributed by atoms with Gasteiger partial charge in [-0.05, 0) is 37.1 Å². The molecule has 1 fully saturated rings. The second-order valence-corrected chi connectivity index (χ2v) is 5.63. The Morgan fingerprint density at radius 2 is 2.16 bits per heavy atom. The van der Waals surface area contributed by atoms with E-state index in [9.17, 15) is 9.59 Å². The highest BCUT2D eigenvalue weighted by Gasteiger charge is 2.16. The number of aromatic carboxylic acids is 1. The molecule has 3 rings (SSSR count). The van der Waals surface area contributed by atoms with Crippen LogP contribution in [0.5, 0.6) is 5.75 Å². The first-order valence-electron chi connectivity index (χ1n) is 7.88. The average molecular weight is 346 g/mol. The third kappa shape index (κ3) is 4.77. The molecule has 9 nitrogen and oxygen atoms in total. The number of carboxylic acid groups (broad SMARTS) is 1. The van der Waals surface area contributed by atoms with Gasteiger partial charge in [0.25, 0.3) is 0 Å². The van der Waals surface area contributed by atoms with Crippen LogP contribution in [-0.4, -0.2) is 51.3 Å². The van der Waals surface area contributed by atoms with Crippen molar-refractivity contribution in [1.29, 1.82) is 0 Å². The highest BCUT2D eigenvalue weighted by atomic mass is 16.5. The first kappa shape index (κ1) is 16.9. The van der Waals surface area contributed by atoms with E-state index in [0.717, 1.165) is 24.1 Å². The molecule has 1 aliphatic rings. The smallest absolute Gasteiger partial charge is 0.358 e. The number of benzene rings is 1. The third-order valence-electron chi connectivity index (χ3n) is 3.66. The van der Waals surface area contributed by atoms with Gasteiger partial charge in [0.15, 0.2) is 5.69 Å². The van der Waals surface area contributed by atoms with E-state index in [4.69, 9.17) is 14.6 Å². The molecule has 0 aliphatic carbocycles. The molecule has 9 heteroatoms. The zero-order valence-electron chi connectivity index (χ0n) is 13.4. The Morgan fingerprint density at radius 3 is 2.80 bits per heavy atom. The molecule has 1 aliphatic heterocycles. The summed E-state index contributed by atoms with van der Waals surface area (Å²) in [5, 5.41) is 18.5. The number of nitrogens with one attached hydrogen (secondary N) is 1. The lowest BCUT2D eigenvalue weighted by Crippen LogP contribution is -2.19. The molecule has 1 aromatic carbocycles. The minimum absolute atomic E-state index is 0.127. The Bertz CT molecular complexity index is 737. The topological polar surface area (TPSA) is 116 Å². The van der Waals surface area contributed by atoms with Crippen molar-refractivity contribution in [2.75, 3.05) is 18.5 Å². The van der Waals surface area contributed by atoms with Gasteiger partial charge in [0.05, 0.1) is 12.3 Å². The molecule has 1 atom stereocenters. The minimum atomic E-state index is -1.19. The highest BCUT2D eigenvalue weighted by molar-refractivity contribution is 5.90. The van der Waals surface area contributed by atoms with Crippen molar-refractivity contribution in [1.82, 2.24) is 15.0 Å². The quantitative estimate of drug-likeness (QED) is 0.773. The van der Waals surface area contributed by atoms with Crippen LogP contribution in [0.25, 0.3) is 0 Å². The largest absolute Gasteiger partial charge is 0.491 e. The van der Waals surface area contributed by atoms with Gasteiger partial charge in [-0.2, -0.15) is 0 Å². The summed E-state index contributed by atoms with van der Waals surface area (Å²) in [6.07, 6.45) is 3.43. The molecule has 0 bridgehead atoms. The molecule has 132 valence electrons. The fourth-order valence-corrected chi connectivity index (χ4v) is 2.42. The molecule has 0 radical (unpaired) electrons. The number of hydrogen-bond donors (Lipinski definition) is 2. The maximum Gasteiger partial charge on any atom is 0.358 e. The predicted octanol–water partition coefficient (Wildman–Crippen LogP) is 1.17. The van der Waals surface area contributed by atoms with E-state index < -0.39 is 5.97 Å². The molecule has 1 unspecified atom stereocenters. The molecule has 0 saturated carbocycles. The van der Waals surface area contributed by atoms with E-state index in [-0.39, 0.29) is 24.2 Å². The number of carboxylic acids is 1. The van der Waals surface area contributed by atoms with E-state index in [1.54, 1.807) is 24.3 Å².